The minimum Gasteiger partial charge on any atom is -0.506 e. The zero-order chi connectivity index (χ0) is 18.1. The van der Waals surface area contributed by atoms with Crippen LogP contribution in [0.5, 0.6) is 5.75 Å². The predicted octanol–water partition coefficient (Wildman–Crippen LogP) is 3.56. The van der Waals surface area contributed by atoms with Gasteiger partial charge in [0.05, 0.1) is 5.52 Å². The van der Waals surface area contributed by atoms with Crippen molar-refractivity contribution < 1.29 is 9.90 Å². The van der Waals surface area contributed by atoms with Gasteiger partial charge in [0, 0.05) is 29.7 Å². The number of aryl methyl sites for hydroxylation is 1. The molecule has 3 rings (SSSR count). The van der Waals surface area contributed by atoms with Crippen molar-refractivity contribution >= 4 is 34.1 Å². The summed E-state index contributed by atoms with van der Waals surface area (Å²) in [6, 6.07) is 13.8. The molecule has 0 aliphatic heterocycles. The number of amides is 1. The summed E-state index contributed by atoms with van der Waals surface area (Å²) < 4.78 is 1.33. The highest BCUT2D eigenvalue weighted by molar-refractivity contribution is 6.31. The summed E-state index contributed by atoms with van der Waals surface area (Å²) in [5.74, 6) is -0.863. The van der Waals surface area contributed by atoms with Crippen molar-refractivity contribution in [3.05, 3.63) is 69.5 Å². The number of carbonyl (C=O) groups excluding carboxylic acids is 1. The standard InChI is InChI=1S/C19H17ClN2O3/c1-3-22(13-7-5-4-6-8-13)19(25)16-17(23)14-10-9-12(20)11-15(14)21(2)18(16)24/h4-11,23H,3H2,1-2H3. The molecular weight excluding hydrogens is 340 g/mol. The maximum Gasteiger partial charge on any atom is 0.267 e. The van der Waals surface area contributed by atoms with E-state index < -0.39 is 11.5 Å². The van der Waals surface area contributed by atoms with Crippen molar-refractivity contribution in [2.45, 2.75) is 6.92 Å². The number of halogens is 1. The maximum absolute atomic E-state index is 13.0. The molecule has 1 amide bonds. The first-order valence-corrected chi connectivity index (χ1v) is 8.21. The fourth-order valence-electron chi connectivity index (χ4n) is 2.87. The van der Waals surface area contributed by atoms with Gasteiger partial charge in [-0.15, -0.1) is 0 Å². The lowest BCUT2D eigenvalue weighted by atomic mass is 10.1. The molecule has 2 aromatic carbocycles. The van der Waals surface area contributed by atoms with E-state index in [9.17, 15) is 14.7 Å². The minimum atomic E-state index is -0.563. The number of nitrogens with zero attached hydrogens (tertiary/aromatic N) is 2. The molecule has 0 atom stereocenters. The fourth-order valence-corrected chi connectivity index (χ4v) is 3.04. The Morgan fingerprint density at radius 3 is 2.52 bits per heavy atom. The number of carbonyl (C=O) groups is 1. The molecular formula is C19H17ClN2O3. The number of rotatable bonds is 3. The zero-order valence-electron chi connectivity index (χ0n) is 13.9. The highest BCUT2D eigenvalue weighted by atomic mass is 35.5. The second-order valence-corrected chi connectivity index (χ2v) is 6.07. The van der Waals surface area contributed by atoms with E-state index >= 15 is 0 Å². The summed E-state index contributed by atoms with van der Waals surface area (Å²) in [6.07, 6.45) is 0. The highest BCUT2D eigenvalue weighted by Crippen LogP contribution is 2.29. The minimum absolute atomic E-state index is 0.247. The van der Waals surface area contributed by atoms with Crippen LogP contribution in [0.25, 0.3) is 10.9 Å². The number of pyridine rings is 1. The van der Waals surface area contributed by atoms with E-state index in [1.165, 1.54) is 9.47 Å². The van der Waals surface area contributed by atoms with Crippen LogP contribution in [0.4, 0.5) is 5.69 Å². The molecule has 0 aliphatic carbocycles. The Bertz CT molecular complexity index is 1010. The molecule has 0 aliphatic rings. The van der Waals surface area contributed by atoms with Crippen LogP contribution in [0, 0.1) is 0 Å². The SMILES string of the molecule is CCN(C(=O)c1c(O)c2ccc(Cl)cc2n(C)c1=O)c1ccccc1. The Balaban J connectivity index is 2.23. The first kappa shape index (κ1) is 17.0. The predicted molar refractivity (Wildman–Crippen MR) is 99.7 cm³/mol. The average molecular weight is 357 g/mol. The lowest BCUT2D eigenvalue weighted by Crippen LogP contribution is -2.36. The quantitative estimate of drug-likeness (QED) is 0.780. The summed E-state index contributed by atoms with van der Waals surface area (Å²) in [6.45, 7) is 2.18. The molecule has 5 nitrogen and oxygen atoms in total. The van der Waals surface area contributed by atoms with Gasteiger partial charge in [0.25, 0.3) is 11.5 Å². The van der Waals surface area contributed by atoms with Gasteiger partial charge in [0.1, 0.15) is 11.3 Å². The Morgan fingerprint density at radius 2 is 1.88 bits per heavy atom. The number of benzene rings is 2. The monoisotopic (exact) mass is 356 g/mol. The largest absolute Gasteiger partial charge is 0.506 e. The van der Waals surface area contributed by atoms with Gasteiger partial charge in [-0.25, -0.2) is 0 Å². The van der Waals surface area contributed by atoms with Gasteiger partial charge in [0.15, 0.2) is 0 Å². The van der Waals surface area contributed by atoms with Crippen molar-refractivity contribution in [1.82, 2.24) is 4.57 Å². The van der Waals surface area contributed by atoms with Crippen LogP contribution in [-0.2, 0) is 7.05 Å². The molecule has 6 heteroatoms. The number of aromatic nitrogens is 1. The number of hydrogen-bond donors (Lipinski definition) is 1. The third kappa shape index (κ3) is 2.87. The van der Waals surface area contributed by atoms with Gasteiger partial charge >= 0.3 is 0 Å². The van der Waals surface area contributed by atoms with Crippen LogP contribution < -0.4 is 10.5 Å². The van der Waals surface area contributed by atoms with Crippen LogP contribution in [-0.4, -0.2) is 22.1 Å². The van der Waals surface area contributed by atoms with E-state index in [2.05, 4.69) is 0 Å². The summed E-state index contributed by atoms with van der Waals surface area (Å²) in [4.78, 5) is 27.2. The Morgan fingerprint density at radius 1 is 1.20 bits per heavy atom. The van der Waals surface area contributed by atoms with Crippen LogP contribution >= 0.6 is 11.6 Å². The highest BCUT2D eigenvalue weighted by Gasteiger charge is 2.25. The summed E-state index contributed by atoms with van der Waals surface area (Å²) in [7, 11) is 1.55. The van der Waals surface area contributed by atoms with E-state index in [-0.39, 0.29) is 11.3 Å². The number of hydrogen-bond acceptors (Lipinski definition) is 3. The van der Waals surface area contributed by atoms with Crippen molar-refractivity contribution in [3.8, 4) is 5.75 Å². The Labute approximate surface area is 149 Å². The average Bonchev–Trinajstić information content (AvgIpc) is 2.61. The van der Waals surface area contributed by atoms with Crippen LogP contribution in [0.1, 0.15) is 17.3 Å². The third-order valence-electron chi connectivity index (χ3n) is 4.17. The van der Waals surface area contributed by atoms with E-state index in [0.29, 0.717) is 28.2 Å². The second-order valence-electron chi connectivity index (χ2n) is 5.63. The van der Waals surface area contributed by atoms with Crippen molar-refractivity contribution in [2.75, 3.05) is 11.4 Å². The maximum atomic E-state index is 13.0. The van der Waals surface area contributed by atoms with Crippen LogP contribution in [0.3, 0.4) is 0 Å². The molecule has 1 heterocycles. The third-order valence-corrected chi connectivity index (χ3v) is 4.41. The summed E-state index contributed by atoms with van der Waals surface area (Å²) >= 11 is 5.98. The van der Waals surface area contributed by atoms with E-state index in [1.54, 1.807) is 37.4 Å². The van der Waals surface area contributed by atoms with E-state index in [4.69, 9.17) is 11.6 Å². The fraction of sp³-hybridized carbons (Fsp3) is 0.158. The van der Waals surface area contributed by atoms with Gasteiger partial charge in [-0.1, -0.05) is 29.8 Å². The Kier molecular flexibility index (Phi) is 4.51. The first-order valence-electron chi connectivity index (χ1n) is 7.83. The lowest BCUT2D eigenvalue weighted by Gasteiger charge is -2.22. The molecule has 0 spiro atoms. The van der Waals surface area contributed by atoms with Gasteiger partial charge < -0.3 is 14.6 Å². The van der Waals surface area contributed by atoms with Crippen LogP contribution in [0.15, 0.2) is 53.3 Å². The molecule has 0 fully saturated rings. The number of aromatic hydroxyl groups is 1. The molecule has 0 radical (unpaired) electrons. The summed E-state index contributed by atoms with van der Waals surface area (Å²) in [5, 5.41) is 11.5. The van der Waals surface area contributed by atoms with Gasteiger partial charge in [-0.2, -0.15) is 0 Å². The molecule has 128 valence electrons. The van der Waals surface area contributed by atoms with Gasteiger partial charge in [-0.05, 0) is 37.3 Å². The van der Waals surface area contributed by atoms with Gasteiger partial charge in [-0.3, -0.25) is 9.59 Å². The van der Waals surface area contributed by atoms with E-state index in [1.807, 2.05) is 25.1 Å². The number of para-hydroxylation sites is 1. The molecule has 25 heavy (non-hydrogen) atoms. The zero-order valence-corrected chi connectivity index (χ0v) is 14.6. The smallest absolute Gasteiger partial charge is 0.267 e. The summed E-state index contributed by atoms with van der Waals surface area (Å²) in [5.41, 5.74) is 0.316. The molecule has 0 saturated heterocycles. The molecule has 0 unspecified atom stereocenters. The molecule has 0 saturated carbocycles. The van der Waals surface area contributed by atoms with Crippen LogP contribution in [0.2, 0.25) is 5.02 Å². The Hall–Kier alpha value is -2.79. The molecule has 1 aromatic heterocycles. The van der Waals surface area contributed by atoms with Gasteiger partial charge in [0.2, 0.25) is 0 Å². The number of anilines is 1. The normalized spacial score (nSPS) is 10.8. The molecule has 0 bridgehead atoms. The van der Waals surface area contributed by atoms with Crippen molar-refractivity contribution in [3.63, 3.8) is 0 Å². The molecule has 3 aromatic rings. The lowest BCUT2D eigenvalue weighted by molar-refractivity contribution is 0.0984. The topological polar surface area (TPSA) is 62.5 Å². The molecule has 1 N–H and O–H groups in total. The van der Waals surface area contributed by atoms with E-state index in [0.717, 1.165) is 0 Å². The van der Waals surface area contributed by atoms with Crippen molar-refractivity contribution in [2.24, 2.45) is 7.05 Å². The second kappa shape index (κ2) is 6.61. The first-order chi connectivity index (χ1) is 12.0. The number of fused-ring (bicyclic) bond motifs is 1. The van der Waals surface area contributed by atoms with Crippen molar-refractivity contribution in [1.29, 1.82) is 0 Å².